The van der Waals surface area contributed by atoms with Crippen molar-refractivity contribution in [3.8, 4) is 0 Å². The molecule has 0 amide bonds. The number of hydrogen-bond donors (Lipinski definition) is 1. The highest BCUT2D eigenvalue weighted by atomic mass is 32.2. The summed E-state index contributed by atoms with van der Waals surface area (Å²) < 4.78 is 26.1. The van der Waals surface area contributed by atoms with E-state index < -0.39 is 11.6 Å². The molecule has 0 aliphatic carbocycles. The fourth-order valence-corrected chi connectivity index (χ4v) is 3.50. The Balaban J connectivity index is 1.69. The van der Waals surface area contributed by atoms with Crippen LogP contribution in [-0.4, -0.2) is 11.8 Å². The van der Waals surface area contributed by atoms with Crippen molar-refractivity contribution in [2.75, 3.05) is 11.9 Å². The van der Waals surface area contributed by atoms with Crippen molar-refractivity contribution >= 4 is 17.4 Å². The van der Waals surface area contributed by atoms with Crippen molar-refractivity contribution in [3.05, 3.63) is 59.7 Å². The van der Waals surface area contributed by atoms with Gasteiger partial charge in [-0.3, -0.25) is 0 Å². The molecule has 20 heavy (non-hydrogen) atoms. The van der Waals surface area contributed by atoms with Gasteiger partial charge < -0.3 is 5.32 Å². The van der Waals surface area contributed by atoms with Gasteiger partial charge in [-0.15, -0.1) is 11.8 Å². The number of anilines is 1. The Kier molecular flexibility index (Phi) is 3.92. The van der Waals surface area contributed by atoms with E-state index in [1.165, 1.54) is 23.4 Å². The minimum absolute atomic E-state index is 0.354. The van der Waals surface area contributed by atoms with Crippen molar-refractivity contribution < 1.29 is 8.78 Å². The van der Waals surface area contributed by atoms with Gasteiger partial charge in [-0.05, 0) is 42.7 Å². The standard InChI is InChI=1S/C16H15F2NS/c17-14-8-7-12(9-15(14)18)20-13-6-5-11-3-1-2-4-16(11)19-10-13/h1-4,7-9,13,19H,5-6,10H2. The molecule has 1 unspecified atom stereocenters. The third kappa shape index (κ3) is 2.96. The molecule has 0 fully saturated rings. The minimum Gasteiger partial charge on any atom is -0.384 e. The molecule has 1 atom stereocenters. The van der Waals surface area contributed by atoms with Gasteiger partial charge in [-0.2, -0.15) is 0 Å². The predicted octanol–water partition coefficient (Wildman–Crippen LogP) is 4.48. The summed E-state index contributed by atoms with van der Waals surface area (Å²) in [4.78, 5) is 0.779. The van der Waals surface area contributed by atoms with Gasteiger partial charge in [0.2, 0.25) is 0 Å². The quantitative estimate of drug-likeness (QED) is 0.875. The van der Waals surface area contributed by atoms with Crippen molar-refractivity contribution in [2.24, 2.45) is 0 Å². The SMILES string of the molecule is Fc1ccc(SC2CCc3ccccc3NC2)cc1F. The van der Waals surface area contributed by atoms with Crippen molar-refractivity contribution in [1.82, 2.24) is 0 Å². The molecule has 1 N–H and O–H groups in total. The van der Waals surface area contributed by atoms with Crippen LogP contribution in [0.3, 0.4) is 0 Å². The molecule has 0 bridgehead atoms. The van der Waals surface area contributed by atoms with Gasteiger partial charge in [-0.1, -0.05) is 18.2 Å². The van der Waals surface area contributed by atoms with Crippen molar-refractivity contribution in [3.63, 3.8) is 0 Å². The van der Waals surface area contributed by atoms with Crippen LogP contribution in [0, 0.1) is 11.6 Å². The average Bonchev–Trinajstić information content (AvgIpc) is 2.66. The first-order valence-corrected chi connectivity index (χ1v) is 7.54. The molecule has 2 aromatic rings. The highest BCUT2D eigenvalue weighted by Crippen LogP contribution is 2.31. The predicted molar refractivity (Wildman–Crippen MR) is 79.3 cm³/mol. The summed E-state index contributed by atoms with van der Waals surface area (Å²) in [6.45, 7) is 0.834. The van der Waals surface area contributed by atoms with Gasteiger partial charge in [0.05, 0.1) is 0 Å². The van der Waals surface area contributed by atoms with Gasteiger partial charge in [0.25, 0.3) is 0 Å². The monoisotopic (exact) mass is 291 g/mol. The van der Waals surface area contributed by atoms with E-state index in [0.717, 1.165) is 24.3 Å². The number of benzene rings is 2. The summed E-state index contributed by atoms with van der Waals surface area (Å²) in [6, 6.07) is 12.4. The van der Waals surface area contributed by atoms with E-state index in [2.05, 4.69) is 17.4 Å². The Morgan fingerprint density at radius 2 is 1.90 bits per heavy atom. The largest absolute Gasteiger partial charge is 0.384 e. The molecular formula is C16H15F2NS. The van der Waals surface area contributed by atoms with E-state index in [0.29, 0.717) is 5.25 Å². The number of hydrogen-bond acceptors (Lipinski definition) is 2. The molecular weight excluding hydrogens is 276 g/mol. The van der Waals surface area contributed by atoms with E-state index in [1.54, 1.807) is 17.8 Å². The maximum Gasteiger partial charge on any atom is 0.159 e. The second-order valence-electron chi connectivity index (χ2n) is 4.89. The van der Waals surface area contributed by atoms with Crippen LogP contribution < -0.4 is 5.32 Å². The molecule has 0 saturated carbocycles. The Bertz CT molecular complexity index is 588. The summed E-state index contributed by atoms with van der Waals surface area (Å²) in [5.41, 5.74) is 2.50. The second kappa shape index (κ2) is 5.83. The van der Waals surface area contributed by atoms with Crippen LogP contribution in [0.15, 0.2) is 47.4 Å². The fraction of sp³-hybridized carbons (Fsp3) is 0.250. The zero-order valence-electron chi connectivity index (χ0n) is 10.9. The fourth-order valence-electron chi connectivity index (χ4n) is 2.40. The van der Waals surface area contributed by atoms with Crippen LogP contribution in [0.25, 0.3) is 0 Å². The summed E-state index contributed by atoms with van der Waals surface area (Å²) >= 11 is 1.60. The van der Waals surface area contributed by atoms with Gasteiger partial charge in [0.15, 0.2) is 11.6 Å². The smallest absolute Gasteiger partial charge is 0.159 e. The molecule has 1 nitrogen and oxygen atoms in total. The lowest BCUT2D eigenvalue weighted by Gasteiger charge is -2.14. The minimum atomic E-state index is -0.791. The summed E-state index contributed by atoms with van der Waals surface area (Å²) in [5.74, 6) is -1.57. The Labute approximate surface area is 121 Å². The molecule has 1 heterocycles. The third-order valence-electron chi connectivity index (χ3n) is 3.47. The van der Waals surface area contributed by atoms with Gasteiger partial charge in [0, 0.05) is 22.4 Å². The number of para-hydroxylation sites is 1. The Hall–Kier alpha value is -1.55. The van der Waals surface area contributed by atoms with Crippen LogP contribution >= 0.6 is 11.8 Å². The highest BCUT2D eigenvalue weighted by Gasteiger charge is 2.17. The lowest BCUT2D eigenvalue weighted by Crippen LogP contribution is -2.14. The number of rotatable bonds is 2. The van der Waals surface area contributed by atoms with Crippen LogP contribution in [0.1, 0.15) is 12.0 Å². The molecule has 1 aliphatic heterocycles. The lowest BCUT2D eigenvalue weighted by molar-refractivity contribution is 0.506. The molecule has 0 radical (unpaired) electrons. The zero-order chi connectivity index (χ0) is 13.9. The van der Waals surface area contributed by atoms with E-state index in [4.69, 9.17) is 0 Å². The normalized spacial score (nSPS) is 18.0. The molecule has 0 aromatic heterocycles. The third-order valence-corrected chi connectivity index (χ3v) is 4.73. The molecule has 0 saturated heterocycles. The molecule has 0 spiro atoms. The number of nitrogens with one attached hydrogen (secondary N) is 1. The zero-order valence-corrected chi connectivity index (χ0v) is 11.7. The molecule has 1 aliphatic rings. The Morgan fingerprint density at radius 1 is 1.05 bits per heavy atom. The number of halogens is 2. The molecule has 104 valence electrons. The van der Waals surface area contributed by atoms with E-state index in [-0.39, 0.29) is 0 Å². The van der Waals surface area contributed by atoms with Gasteiger partial charge in [-0.25, -0.2) is 8.78 Å². The van der Waals surface area contributed by atoms with E-state index >= 15 is 0 Å². The topological polar surface area (TPSA) is 12.0 Å². The van der Waals surface area contributed by atoms with E-state index in [1.807, 2.05) is 12.1 Å². The average molecular weight is 291 g/mol. The number of fused-ring (bicyclic) bond motifs is 1. The highest BCUT2D eigenvalue weighted by molar-refractivity contribution is 8.00. The number of thioether (sulfide) groups is 1. The first-order chi connectivity index (χ1) is 9.72. The lowest BCUT2D eigenvalue weighted by atomic mass is 10.1. The van der Waals surface area contributed by atoms with Gasteiger partial charge >= 0.3 is 0 Å². The van der Waals surface area contributed by atoms with Crippen molar-refractivity contribution in [2.45, 2.75) is 23.0 Å². The molecule has 4 heteroatoms. The first-order valence-electron chi connectivity index (χ1n) is 6.66. The summed E-state index contributed by atoms with van der Waals surface area (Å²) in [5, 5.41) is 3.79. The maximum atomic E-state index is 13.2. The summed E-state index contributed by atoms with van der Waals surface area (Å²) in [7, 11) is 0. The van der Waals surface area contributed by atoms with Crippen LogP contribution in [0.5, 0.6) is 0 Å². The van der Waals surface area contributed by atoms with Crippen molar-refractivity contribution in [1.29, 1.82) is 0 Å². The van der Waals surface area contributed by atoms with Crippen LogP contribution in [0.4, 0.5) is 14.5 Å². The van der Waals surface area contributed by atoms with Crippen LogP contribution in [0.2, 0.25) is 0 Å². The molecule has 3 rings (SSSR count). The van der Waals surface area contributed by atoms with Gasteiger partial charge in [0.1, 0.15) is 0 Å². The Morgan fingerprint density at radius 3 is 2.75 bits per heavy atom. The first kappa shape index (κ1) is 13.4. The van der Waals surface area contributed by atoms with Crippen LogP contribution in [-0.2, 0) is 6.42 Å². The van der Waals surface area contributed by atoms with E-state index in [9.17, 15) is 8.78 Å². The number of aryl methyl sites for hydroxylation is 1. The molecule has 2 aromatic carbocycles. The second-order valence-corrected chi connectivity index (χ2v) is 6.27. The maximum absolute atomic E-state index is 13.2. The summed E-state index contributed by atoms with van der Waals surface area (Å²) in [6.07, 6.45) is 2.03.